The third kappa shape index (κ3) is 7.13. The molecule has 29 heavy (non-hydrogen) atoms. The number of aliphatic hydroxyl groups excluding tert-OH is 2. The van der Waals surface area contributed by atoms with Crippen molar-refractivity contribution in [2.75, 3.05) is 6.61 Å². The summed E-state index contributed by atoms with van der Waals surface area (Å²) in [7, 11) is 0. The number of ether oxygens (including phenoxy) is 1. The fraction of sp³-hybridized carbons (Fsp3) is 0.560. The molecule has 0 saturated heterocycles. The topological polar surface area (TPSA) is 66.8 Å². The van der Waals surface area contributed by atoms with E-state index in [4.69, 9.17) is 0 Å². The van der Waals surface area contributed by atoms with Gasteiger partial charge in [0.25, 0.3) is 0 Å². The highest BCUT2D eigenvalue weighted by molar-refractivity contribution is 5.86. The first-order valence-corrected chi connectivity index (χ1v) is 10.6. The van der Waals surface area contributed by atoms with Gasteiger partial charge in [-0.15, -0.1) is 0 Å². The molecule has 0 aromatic rings. The fourth-order valence-electron chi connectivity index (χ4n) is 4.22. The van der Waals surface area contributed by atoms with Gasteiger partial charge in [-0.3, -0.25) is 0 Å². The molecule has 0 saturated carbocycles. The largest absolute Gasteiger partial charge is 0.428 e. The van der Waals surface area contributed by atoms with Crippen LogP contribution in [-0.4, -0.2) is 29.1 Å². The number of carbonyl (C=O) groups is 1. The zero-order valence-electron chi connectivity index (χ0n) is 18.3. The highest BCUT2D eigenvalue weighted by atomic mass is 16.6. The monoisotopic (exact) mass is 400 g/mol. The second-order valence-electron chi connectivity index (χ2n) is 8.86. The van der Waals surface area contributed by atoms with Crippen LogP contribution >= 0.6 is 0 Å². The Balaban J connectivity index is 1.83. The highest BCUT2D eigenvalue weighted by Gasteiger charge is 2.27. The van der Waals surface area contributed by atoms with Gasteiger partial charge in [0.05, 0.1) is 6.61 Å². The Kier molecular flexibility index (Phi) is 8.66. The third-order valence-corrected chi connectivity index (χ3v) is 6.03. The minimum atomic E-state index is -1.19. The standard InChI is InChI=1S/C25H36O4/c1-18(13-14-22-19(2)9-7-15-25(22,3)4)8-5-10-20(17-26)11-6-12-21-16-23(27)29-24(21)28/h6,8,11-12,16,24,26,28H,5,7,9-10,13-15,17H2,1-4H3/b12-6+,18-8+,20-11+. The molecule has 2 N–H and O–H groups in total. The Bertz CT molecular complexity index is 747. The average Bonchev–Trinajstić information content (AvgIpc) is 2.96. The van der Waals surface area contributed by atoms with Crippen molar-refractivity contribution in [3.8, 4) is 0 Å². The first kappa shape index (κ1) is 23.4. The molecule has 1 aliphatic carbocycles. The number of hydrogen-bond donors (Lipinski definition) is 2. The van der Waals surface area contributed by atoms with Crippen molar-refractivity contribution in [3.63, 3.8) is 0 Å². The summed E-state index contributed by atoms with van der Waals surface area (Å²) in [6.07, 6.45) is 15.3. The molecule has 1 aliphatic heterocycles. The molecule has 160 valence electrons. The zero-order chi connectivity index (χ0) is 21.4. The fourth-order valence-corrected chi connectivity index (χ4v) is 4.22. The lowest BCUT2D eigenvalue weighted by atomic mass is 9.71. The summed E-state index contributed by atoms with van der Waals surface area (Å²) in [4.78, 5) is 11.1. The molecule has 2 rings (SSSR count). The first-order chi connectivity index (χ1) is 13.7. The lowest BCUT2D eigenvalue weighted by molar-refractivity contribution is -0.150. The van der Waals surface area contributed by atoms with Crippen molar-refractivity contribution >= 4 is 5.97 Å². The van der Waals surface area contributed by atoms with Gasteiger partial charge in [0.1, 0.15) is 0 Å². The molecule has 0 fully saturated rings. The van der Waals surface area contributed by atoms with Gasteiger partial charge in [0.2, 0.25) is 6.29 Å². The number of allylic oxidation sites excluding steroid dienone is 6. The van der Waals surface area contributed by atoms with E-state index in [1.165, 1.54) is 30.9 Å². The lowest BCUT2D eigenvalue weighted by Gasteiger charge is -2.35. The summed E-state index contributed by atoms with van der Waals surface area (Å²) >= 11 is 0. The molecule has 0 radical (unpaired) electrons. The normalized spacial score (nSPS) is 23.0. The van der Waals surface area contributed by atoms with E-state index >= 15 is 0 Å². The molecule has 1 heterocycles. The van der Waals surface area contributed by atoms with Crippen LogP contribution in [0.1, 0.15) is 72.6 Å². The average molecular weight is 401 g/mol. The van der Waals surface area contributed by atoms with Gasteiger partial charge in [0, 0.05) is 11.6 Å². The predicted molar refractivity (Wildman–Crippen MR) is 117 cm³/mol. The molecular formula is C25H36O4. The van der Waals surface area contributed by atoms with Gasteiger partial charge in [-0.2, -0.15) is 0 Å². The highest BCUT2D eigenvalue weighted by Crippen LogP contribution is 2.42. The van der Waals surface area contributed by atoms with E-state index in [1.54, 1.807) is 23.3 Å². The summed E-state index contributed by atoms with van der Waals surface area (Å²) in [5, 5.41) is 19.1. The summed E-state index contributed by atoms with van der Waals surface area (Å²) in [6.45, 7) is 9.23. The SMILES string of the molecule is CC1=C(CC/C(C)=C/CC/C(=C\C=C\C2=CC(=O)OC2O)CO)C(C)(C)CCC1. The number of aliphatic hydroxyl groups is 2. The van der Waals surface area contributed by atoms with Crippen molar-refractivity contribution in [1.82, 2.24) is 0 Å². The van der Waals surface area contributed by atoms with E-state index in [0.717, 1.165) is 31.3 Å². The Labute approximate surface area is 175 Å². The van der Waals surface area contributed by atoms with Crippen LogP contribution in [0.3, 0.4) is 0 Å². The van der Waals surface area contributed by atoms with Crippen molar-refractivity contribution in [1.29, 1.82) is 0 Å². The van der Waals surface area contributed by atoms with Crippen molar-refractivity contribution in [2.24, 2.45) is 5.41 Å². The number of hydrogen-bond acceptors (Lipinski definition) is 4. The number of cyclic esters (lactones) is 1. The van der Waals surface area contributed by atoms with Crippen LogP contribution in [0.4, 0.5) is 0 Å². The van der Waals surface area contributed by atoms with Gasteiger partial charge in [-0.1, -0.05) is 54.9 Å². The molecular weight excluding hydrogens is 364 g/mol. The van der Waals surface area contributed by atoms with E-state index in [-0.39, 0.29) is 6.61 Å². The van der Waals surface area contributed by atoms with Gasteiger partial charge in [0.15, 0.2) is 0 Å². The van der Waals surface area contributed by atoms with Gasteiger partial charge in [-0.25, -0.2) is 4.79 Å². The number of rotatable bonds is 9. The number of esters is 1. The van der Waals surface area contributed by atoms with Crippen LogP contribution in [-0.2, 0) is 9.53 Å². The Hall–Kier alpha value is -1.91. The first-order valence-electron chi connectivity index (χ1n) is 10.6. The van der Waals surface area contributed by atoms with Crippen LogP contribution in [0, 0.1) is 5.41 Å². The van der Waals surface area contributed by atoms with Crippen LogP contribution in [0.2, 0.25) is 0 Å². The summed E-state index contributed by atoms with van der Waals surface area (Å²) in [6, 6.07) is 0. The van der Waals surface area contributed by atoms with E-state index in [9.17, 15) is 15.0 Å². The van der Waals surface area contributed by atoms with E-state index in [2.05, 4.69) is 38.5 Å². The quantitative estimate of drug-likeness (QED) is 0.313. The van der Waals surface area contributed by atoms with Gasteiger partial charge in [-0.05, 0) is 69.8 Å². The van der Waals surface area contributed by atoms with Gasteiger partial charge >= 0.3 is 5.97 Å². The van der Waals surface area contributed by atoms with Crippen molar-refractivity contribution < 1.29 is 19.7 Å². The van der Waals surface area contributed by atoms with Crippen LogP contribution in [0.15, 0.2) is 58.2 Å². The smallest absolute Gasteiger partial charge is 0.333 e. The Morgan fingerprint density at radius 1 is 1.34 bits per heavy atom. The summed E-state index contributed by atoms with van der Waals surface area (Å²) in [5.74, 6) is -0.535. The lowest BCUT2D eigenvalue weighted by Crippen LogP contribution is -2.20. The minimum absolute atomic E-state index is 0.00543. The third-order valence-electron chi connectivity index (χ3n) is 6.03. The number of carbonyl (C=O) groups excluding carboxylic acids is 1. The zero-order valence-corrected chi connectivity index (χ0v) is 18.3. The maximum absolute atomic E-state index is 11.1. The molecule has 0 aromatic carbocycles. The van der Waals surface area contributed by atoms with Crippen LogP contribution in [0.25, 0.3) is 0 Å². The maximum Gasteiger partial charge on any atom is 0.333 e. The second kappa shape index (κ2) is 10.7. The van der Waals surface area contributed by atoms with Crippen molar-refractivity contribution in [3.05, 3.63) is 58.2 Å². The van der Waals surface area contributed by atoms with E-state index < -0.39 is 12.3 Å². The van der Waals surface area contributed by atoms with Crippen molar-refractivity contribution in [2.45, 2.75) is 78.9 Å². The Morgan fingerprint density at radius 2 is 2.10 bits per heavy atom. The molecule has 0 spiro atoms. The molecule has 4 heteroatoms. The summed E-state index contributed by atoms with van der Waals surface area (Å²) in [5.41, 5.74) is 6.30. The van der Waals surface area contributed by atoms with E-state index in [0.29, 0.717) is 11.0 Å². The molecule has 1 unspecified atom stereocenters. The van der Waals surface area contributed by atoms with E-state index in [1.807, 2.05) is 6.08 Å². The minimum Gasteiger partial charge on any atom is -0.428 e. The van der Waals surface area contributed by atoms with Gasteiger partial charge < -0.3 is 14.9 Å². The molecule has 1 atom stereocenters. The summed E-state index contributed by atoms with van der Waals surface area (Å²) < 4.78 is 4.63. The Morgan fingerprint density at radius 3 is 2.72 bits per heavy atom. The molecule has 2 aliphatic rings. The molecule has 0 amide bonds. The molecule has 4 nitrogen and oxygen atoms in total. The predicted octanol–water partition coefficient (Wildman–Crippen LogP) is 5.30. The molecule has 0 bridgehead atoms. The molecule has 0 aromatic heterocycles. The van der Waals surface area contributed by atoms with Crippen LogP contribution in [0.5, 0.6) is 0 Å². The second-order valence-corrected chi connectivity index (χ2v) is 8.86. The maximum atomic E-state index is 11.1. The van der Waals surface area contributed by atoms with Crippen LogP contribution < -0.4 is 0 Å².